The molecule has 3 unspecified atom stereocenters. The van der Waals surface area contributed by atoms with E-state index in [0.717, 1.165) is 54.7 Å². The van der Waals surface area contributed by atoms with Crippen LogP contribution in [-0.4, -0.2) is 56.0 Å². The van der Waals surface area contributed by atoms with Crippen LogP contribution >= 0.6 is 0 Å². The van der Waals surface area contributed by atoms with Gasteiger partial charge in [0.25, 0.3) is 0 Å². The van der Waals surface area contributed by atoms with E-state index < -0.39 is 0 Å². The summed E-state index contributed by atoms with van der Waals surface area (Å²) >= 11 is 0. The smallest absolute Gasteiger partial charge is 0.337 e. The third-order valence-electron chi connectivity index (χ3n) is 8.17. The van der Waals surface area contributed by atoms with Gasteiger partial charge >= 0.3 is 5.97 Å². The molecule has 6 heteroatoms. The van der Waals surface area contributed by atoms with Crippen molar-refractivity contribution in [1.29, 1.82) is 0 Å². The van der Waals surface area contributed by atoms with Crippen molar-refractivity contribution in [1.82, 2.24) is 4.90 Å². The Bertz CT molecular complexity index is 1130. The largest absolute Gasteiger partial charge is 0.504 e. The highest BCUT2D eigenvalue weighted by Gasteiger charge is 2.48. The predicted molar refractivity (Wildman–Crippen MR) is 136 cm³/mol. The lowest BCUT2D eigenvalue weighted by molar-refractivity contribution is -0.137. The van der Waals surface area contributed by atoms with E-state index in [-0.39, 0.29) is 29.6 Å². The third kappa shape index (κ3) is 4.25. The first-order valence-corrected chi connectivity index (χ1v) is 12.6. The fourth-order valence-electron chi connectivity index (χ4n) is 6.49. The van der Waals surface area contributed by atoms with E-state index in [2.05, 4.69) is 29.3 Å². The molecule has 2 aromatic carbocycles. The number of rotatable bonds is 6. The van der Waals surface area contributed by atoms with E-state index in [1.54, 1.807) is 13.4 Å². The van der Waals surface area contributed by atoms with Crippen LogP contribution in [0.25, 0.3) is 11.1 Å². The first kappa shape index (κ1) is 23.6. The summed E-state index contributed by atoms with van der Waals surface area (Å²) in [6.07, 6.45) is 4.35. The van der Waals surface area contributed by atoms with Gasteiger partial charge in [-0.05, 0) is 41.9 Å². The Morgan fingerprint density at radius 2 is 1.89 bits per heavy atom. The van der Waals surface area contributed by atoms with Crippen LogP contribution in [0.1, 0.15) is 36.5 Å². The highest BCUT2D eigenvalue weighted by molar-refractivity contribution is 6.15. The van der Waals surface area contributed by atoms with Crippen LogP contribution in [0.3, 0.4) is 0 Å². The molecule has 0 aliphatic carbocycles. The molecule has 2 saturated heterocycles. The van der Waals surface area contributed by atoms with Gasteiger partial charge in [0.2, 0.25) is 0 Å². The number of methoxy groups -OCH3 is 2. The molecule has 0 radical (unpaired) electrons. The lowest BCUT2D eigenvalue weighted by atomic mass is 9.76. The summed E-state index contributed by atoms with van der Waals surface area (Å²) < 4.78 is 10.3. The number of Topliss-reactive ketones (excluding diaryl/α,β-unsaturated/α-hetero) is 1. The molecule has 3 aliphatic rings. The summed E-state index contributed by atoms with van der Waals surface area (Å²) in [6, 6.07) is 16.3. The predicted octanol–water partition coefficient (Wildman–Crippen LogP) is 4.77. The molecule has 0 spiro atoms. The van der Waals surface area contributed by atoms with Gasteiger partial charge in [-0.25, -0.2) is 4.79 Å². The fraction of sp³-hybridized carbons (Fsp3) is 0.448. The SMILES string of the molecule is CC[C@@H]1CN2CC(C3Nc4cccc(-c5ccccc5)c4C3=O)CC2C[C@@H]1/C(=C\OC)C(=O)OC. The number of fused-ring (bicyclic) bond motifs is 2. The summed E-state index contributed by atoms with van der Waals surface area (Å²) in [7, 11) is 3.00. The Morgan fingerprint density at radius 3 is 2.60 bits per heavy atom. The maximum absolute atomic E-state index is 13.7. The van der Waals surface area contributed by atoms with Gasteiger partial charge in [-0.3, -0.25) is 9.69 Å². The summed E-state index contributed by atoms with van der Waals surface area (Å²) in [4.78, 5) is 28.8. The molecule has 184 valence electrons. The Morgan fingerprint density at radius 1 is 1.09 bits per heavy atom. The number of carbonyl (C=O) groups excluding carboxylic acids is 2. The minimum Gasteiger partial charge on any atom is -0.504 e. The van der Waals surface area contributed by atoms with Crippen molar-refractivity contribution in [3.05, 3.63) is 65.9 Å². The summed E-state index contributed by atoms with van der Waals surface area (Å²) in [5.74, 6) is 0.561. The van der Waals surface area contributed by atoms with Crippen molar-refractivity contribution in [3.63, 3.8) is 0 Å². The molecule has 0 amide bonds. The van der Waals surface area contributed by atoms with Crippen LogP contribution in [0.4, 0.5) is 5.69 Å². The molecule has 1 N–H and O–H groups in total. The number of ketones is 1. The lowest BCUT2D eigenvalue weighted by Gasteiger charge is -2.41. The van der Waals surface area contributed by atoms with Crippen molar-refractivity contribution in [2.45, 2.75) is 38.3 Å². The number of esters is 1. The zero-order chi connectivity index (χ0) is 24.5. The molecule has 0 aromatic heterocycles. The van der Waals surface area contributed by atoms with Crippen molar-refractivity contribution < 1.29 is 19.1 Å². The zero-order valence-corrected chi connectivity index (χ0v) is 20.7. The molecule has 0 bridgehead atoms. The average molecular weight is 475 g/mol. The number of anilines is 1. The van der Waals surface area contributed by atoms with E-state index in [9.17, 15) is 9.59 Å². The van der Waals surface area contributed by atoms with Gasteiger partial charge in [-0.2, -0.15) is 0 Å². The van der Waals surface area contributed by atoms with Crippen LogP contribution in [0.2, 0.25) is 0 Å². The Balaban J connectivity index is 1.36. The van der Waals surface area contributed by atoms with Crippen LogP contribution in [-0.2, 0) is 14.3 Å². The first-order valence-electron chi connectivity index (χ1n) is 12.6. The summed E-state index contributed by atoms with van der Waals surface area (Å²) in [6.45, 7) is 3.99. The van der Waals surface area contributed by atoms with Crippen molar-refractivity contribution in [2.24, 2.45) is 17.8 Å². The fourth-order valence-corrected chi connectivity index (χ4v) is 6.49. The van der Waals surface area contributed by atoms with Crippen LogP contribution in [0.15, 0.2) is 60.4 Å². The maximum atomic E-state index is 13.7. The van der Waals surface area contributed by atoms with Crippen LogP contribution in [0, 0.1) is 17.8 Å². The van der Waals surface area contributed by atoms with E-state index in [4.69, 9.17) is 9.47 Å². The number of carbonyl (C=O) groups is 2. The van der Waals surface area contributed by atoms with Gasteiger partial charge in [0.15, 0.2) is 5.78 Å². The molecule has 2 aromatic rings. The summed E-state index contributed by atoms with van der Waals surface area (Å²) in [5, 5.41) is 3.57. The molecule has 35 heavy (non-hydrogen) atoms. The van der Waals surface area contributed by atoms with Crippen LogP contribution < -0.4 is 5.32 Å². The highest BCUT2D eigenvalue weighted by Crippen LogP contribution is 2.44. The van der Waals surface area contributed by atoms with Gasteiger partial charge < -0.3 is 14.8 Å². The van der Waals surface area contributed by atoms with Gasteiger partial charge in [0, 0.05) is 30.7 Å². The lowest BCUT2D eigenvalue weighted by Crippen LogP contribution is -2.45. The van der Waals surface area contributed by atoms with E-state index in [1.165, 1.54) is 7.11 Å². The second-order valence-electron chi connectivity index (χ2n) is 9.99. The third-order valence-corrected chi connectivity index (χ3v) is 8.17. The highest BCUT2D eigenvalue weighted by atomic mass is 16.5. The van der Waals surface area contributed by atoms with Crippen molar-refractivity contribution >= 4 is 17.4 Å². The van der Waals surface area contributed by atoms with Crippen LogP contribution in [0.5, 0.6) is 0 Å². The first-order chi connectivity index (χ1) is 17.0. The number of hydrogen-bond acceptors (Lipinski definition) is 6. The molecular weight excluding hydrogens is 440 g/mol. The quantitative estimate of drug-likeness (QED) is 0.370. The van der Waals surface area contributed by atoms with E-state index >= 15 is 0 Å². The number of nitrogens with zero attached hydrogens (tertiary/aromatic N) is 1. The maximum Gasteiger partial charge on any atom is 0.337 e. The number of hydrogen-bond donors (Lipinski definition) is 1. The molecule has 2 fully saturated rings. The van der Waals surface area contributed by atoms with Gasteiger partial charge in [-0.15, -0.1) is 0 Å². The minimum absolute atomic E-state index is 0.0986. The Labute approximate surface area is 207 Å². The number of nitrogens with one attached hydrogen (secondary N) is 1. The number of benzene rings is 2. The number of ether oxygens (including phenoxy) is 2. The van der Waals surface area contributed by atoms with Crippen molar-refractivity contribution in [3.8, 4) is 11.1 Å². The van der Waals surface area contributed by atoms with E-state index in [0.29, 0.717) is 17.5 Å². The monoisotopic (exact) mass is 474 g/mol. The molecule has 5 rings (SSSR count). The Kier molecular flexibility index (Phi) is 6.65. The molecule has 3 aliphatic heterocycles. The Hall–Kier alpha value is -3.12. The van der Waals surface area contributed by atoms with Crippen molar-refractivity contribution in [2.75, 3.05) is 32.6 Å². The molecule has 5 atom stereocenters. The second kappa shape index (κ2) is 9.86. The van der Waals surface area contributed by atoms with Gasteiger partial charge in [0.05, 0.1) is 37.7 Å². The standard InChI is InChI=1S/C29H34N2O4/c1-4-18-15-31-16-20(13-21(31)14-23(18)24(17-34-2)29(33)35-3)27-28(32)26-22(11-8-12-25(26)30-27)19-9-6-5-7-10-19/h5-12,17-18,20-21,23,27,30H,4,13-16H2,1-3H3/b24-17+/t18-,20?,21?,23+,27?/m1/s1. The average Bonchev–Trinajstić information content (AvgIpc) is 3.46. The second-order valence-corrected chi connectivity index (χ2v) is 9.99. The zero-order valence-electron chi connectivity index (χ0n) is 20.7. The van der Waals surface area contributed by atoms with E-state index in [1.807, 2.05) is 36.4 Å². The molecule has 6 nitrogen and oxygen atoms in total. The summed E-state index contributed by atoms with van der Waals surface area (Å²) in [5.41, 5.74) is 4.44. The molecule has 0 saturated carbocycles. The molecular formula is C29H34N2O4. The van der Waals surface area contributed by atoms with Gasteiger partial charge in [0.1, 0.15) is 0 Å². The molecule has 3 heterocycles. The topological polar surface area (TPSA) is 67.9 Å². The number of piperidine rings is 1. The minimum atomic E-state index is -0.310. The van der Waals surface area contributed by atoms with Gasteiger partial charge in [-0.1, -0.05) is 55.8 Å². The normalized spacial score (nSPS) is 28.3.